The number of aryl methyl sites for hydroxylation is 1. The van der Waals surface area contributed by atoms with Crippen LogP contribution in [0.1, 0.15) is 12.5 Å². The van der Waals surface area contributed by atoms with Gasteiger partial charge in [0.05, 0.1) is 0 Å². The normalized spacial score (nSPS) is 10.8. The van der Waals surface area contributed by atoms with Crippen LogP contribution in [0, 0.1) is 0 Å². The summed E-state index contributed by atoms with van der Waals surface area (Å²) < 4.78 is 1.98. The molecule has 2 rings (SSSR count). The maximum atomic E-state index is 6.26. The first kappa shape index (κ1) is 12.1. The minimum atomic E-state index is 0.784. The van der Waals surface area contributed by atoms with Gasteiger partial charge in [0.15, 0.2) is 0 Å². The first-order valence-electron chi connectivity index (χ1n) is 5.69. The van der Waals surface area contributed by atoms with Gasteiger partial charge in [-0.2, -0.15) is 0 Å². The second kappa shape index (κ2) is 5.34. The molecule has 4 heteroatoms. The summed E-state index contributed by atoms with van der Waals surface area (Å²) in [5, 5.41) is 4.05. The second-order valence-electron chi connectivity index (χ2n) is 3.95. The Morgan fingerprint density at radius 2 is 2.24 bits per heavy atom. The standard InChI is InChI=1S/C13H16ClN3/c1-3-15-9-11-5-4-10(8-12(11)14)13-16-6-7-17(13)2/h4-8,15H,3,9H2,1-2H3. The molecule has 0 radical (unpaired) electrons. The lowest BCUT2D eigenvalue weighted by Gasteiger charge is -2.07. The Bertz CT molecular complexity index is 505. The van der Waals surface area contributed by atoms with Gasteiger partial charge in [-0.1, -0.05) is 30.7 Å². The van der Waals surface area contributed by atoms with Crippen LogP contribution >= 0.6 is 11.6 Å². The Kier molecular flexibility index (Phi) is 3.82. The van der Waals surface area contributed by atoms with Crippen LogP contribution in [0.25, 0.3) is 11.4 Å². The van der Waals surface area contributed by atoms with Crippen molar-refractivity contribution in [2.45, 2.75) is 13.5 Å². The molecule has 0 bridgehead atoms. The van der Waals surface area contributed by atoms with Crippen LogP contribution in [-0.2, 0) is 13.6 Å². The molecule has 17 heavy (non-hydrogen) atoms. The number of aromatic nitrogens is 2. The van der Waals surface area contributed by atoms with Gasteiger partial charge in [0.25, 0.3) is 0 Å². The molecule has 1 N–H and O–H groups in total. The SMILES string of the molecule is CCNCc1ccc(-c2nccn2C)cc1Cl. The van der Waals surface area contributed by atoms with E-state index in [-0.39, 0.29) is 0 Å². The van der Waals surface area contributed by atoms with Gasteiger partial charge in [-0.15, -0.1) is 0 Å². The highest BCUT2D eigenvalue weighted by Crippen LogP contribution is 2.24. The molecule has 0 aliphatic heterocycles. The number of nitrogens with one attached hydrogen (secondary N) is 1. The predicted molar refractivity (Wildman–Crippen MR) is 71.0 cm³/mol. The van der Waals surface area contributed by atoms with Crippen molar-refractivity contribution >= 4 is 11.6 Å². The molecule has 1 heterocycles. The highest BCUT2D eigenvalue weighted by Gasteiger charge is 2.06. The number of halogens is 1. The van der Waals surface area contributed by atoms with Crippen molar-refractivity contribution in [1.82, 2.24) is 14.9 Å². The molecule has 0 aliphatic carbocycles. The molecule has 3 nitrogen and oxygen atoms in total. The van der Waals surface area contributed by atoms with Gasteiger partial charge in [0, 0.05) is 36.6 Å². The quantitative estimate of drug-likeness (QED) is 0.903. The van der Waals surface area contributed by atoms with E-state index >= 15 is 0 Å². The van der Waals surface area contributed by atoms with Gasteiger partial charge in [-0.3, -0.25) is 0 Å². The summed E-state index contributed by atoms with van der Waals surface area (Å²) in [6.45, 7) is 3.82. The summed E-state index contributed by atoms with van der Waals surface area (Å²) in [5.74, 6) is 0.932. The summed E-state index contributed by atoms with van der Waals surface area (Å²) in [5.41, 5.74) is 2.16. The molecule has 0 unspecified atom stereocenters. The zero-order valence-corrected chi connectivity index (χ0v) is 10.8. The molecule has 0 spiro atoms. The monoisotopic (exact) mass is 249 g/mol. The molecule has 0 saturated carbocycles. The van der Waals surface area contributed by atoms with Crippen LogP contribution in [0.4, 0.5) is 0 Å². The van der Waals surface area contributed by atoms with Gasteiger partial charge in [0.1, 0.15) is 5.82 Å². The zero-order chi connectivity index (χ0) is 12.3. The molecule has 0 saturated heterocycles. The maximum Gasteiger partial charge on any atom is 0.139 e. The minimum absolute atomic E-state index is 0.784. The lowest BCUT2D eigenvalue weighted by Crippen LogP contribution is -2.12. The van der Waals surface area contributed by atoms with E-state index in [9.17, 15) is 0 Å². The summed E-state index contributed by atoms with van der Waals surface area (Å²) in [6.07, 6.45) is 3.71. The smallest absolute Gasteiger partial charge is 0.139 e. The van der Waals surface area contributed by atoms with E-state index in [2.05, 4.69) is 29.4 Å². The third kappa shape index (κ3) is 2.68. The Balaban J connectivity index is 2.28. The number of hydrogen-bond donors (Lipinski definition) is 1. The van der Waals surface area contributed by atoms with E-state index in [1.807, 2.05) is 23.9 Å². The number of hydrogen-bond acceptors (Lipinski definition) is 2. The first-order chi connectivity index (χ1) is 8.22. The lowest BCUT2D eigenvalue weighted by molar-refractivity contribution is 0.727. The van der Waals surface area contributed by atoms with Crippen LogP contribution in [-0.4, -0.2) is 16.1 Å². The summed E-state index contributed by atoms with van der Waals surface area (Å²) in [7, 11) is 1.97. The summed E-state index contributed by atoms with van der Waals surface area (Å²) >= 11 is 6.26. The largest absolute Gasteiger partial charge is 0.334 e. The van der Waals surface area contributed by atoms with Crippen LogP contribution in [0.5, 0.6) is 0 Å². The molecule has 0 amide bonds. The summed E-state index contributed by atoms with van der Waals surface area (Å²) in [4.78, 5) is 4.31. The number of rotatable bonds is 4. The van der Waals surface area contributed by atoms with E-state index in [1.54, 1.807) is 6.20 Å². The average Bonchev–Trinajstić information content (AvgIpc) is 2.74. The number of imidazole rings is 1. The van der Waals surface area contributed by atoms with Crippen LogP contribution in [0.15, 0.2) is 30.6 Å². The minimum Gasteiger partial charge on any atom is -0.334 e. The van der Waals surface area contributed by atoms with E-state index in [0.29, 0.717) is 0 Å². The van der Waals surface area contributed by atoms with Crippen LogP contribution < -0.4 is 5.32 Å². The van der Waals surface area contributed by atoms with Crippen molar-refractivity contribution in [1.29, 1.82) is 0 Å². The van der Waals surface area contributed by atoms with Crippen molar-refractivity contribution in [3.8, 4) is 11.4 Å². The van der Waals surface area contributed by atoms with Gasteiger partial charge >= 0.3 is 0 Å². The fourth-order valence-corrected chi connectivity index (χ4v) is 1.98. The first-order valence-corrected chi connectivity index (χ1v) is 6.07. The molecule has 90 valence electrons. The van der Waals surface area contributed by atoms with Crippen molar-refractivity contribution in [3.63, 3.8) is 0 Å². The molecule has 1 aromatic carbocycles. The molecule has 2 aromatic rings. The lowest BCUT2D eigenvalue weighted by atomic mass is 10.1. The van der Waals surface area contributed by atoms with Crippen molar-refractivity contribution in [2.75, 3.05) is 6.54 Å². The number of benzene rings is 1. The Hall–Kier alpha value is -1.32. The van der Waals surface area contributed by atoms with E-state index in [4.69, 9.17) is 11.6 Å². The van der Waals surface area contributed by atoms with Gasteiger partial charge in [-0.05, 0) is 18.2 Å². The molecule has 0 aliphatic rings. The van der Waals surface area contributed by atoms with Gasteiger partial charge in [-0.25, -0.2) is 4.98 Å². The van der Waals surface area contributed by atoms with Crippen LogP contribution in [0.2, 0.25) is 5.02 Å². The topological polar surface area (TPSA) is 29.9 Å². The Labute approximate surface area is 106 Å². The third-order valence-electron chi connectivity index (χ3n) is 2.70. The third-order valence-corrected chi connectivity index (χ3v) is 3.05. The summed E-state index contributed by atoms with van der Waals surface area (Å²) in [6, 6.07) is 6.08. The second-order valence-corrected chi connectivity index (χ2v) is 4.36. The zero-order valence-electron chi connectivity index (χ0n) is 10.1. The highest BCUT2D eigenvalue weighted by molar-refractivity contribution is 6.31. The maximum absolute atomic E-state index is 6.26. The van der Waals surface area contributed by atoms with E-state index in [1.165, 1.54) is 0 Å². The molecule has 0 fully saturated rings. The predicted octanol–water partition coefficient (Wildman–Crippen LogP) is 2.85. The van der Waals surface area contributed by atoms with Crippen molar-refractivity contribution in [2.24, 2.45) is 7.05 Å². The van der Waals surface area contributed by atoms with Crippen LogP contribution in [0.3, 0.4) is 0 Å². The fraction of sp³-hybridized carbons (Fsp3) is 0.308. The Morgan fingerprint density at radius 3 is 2.82 bits per heavy atom. The molecule has 1 aromatic heterocycles. The van der Waals surface area contributed by atoms with E-state index < -0.39 is 0 Å². The molecule has 0 atom stereocenters. The molecular weight excluding hydrogens is 234 g/mol. The van der Waals surface area contributed by atoms with Gasteiger partial charge in [0.2, 0.25) is 0 Å². The number of nitrogens with zero attached hydrogens (tertiary/aromatic N) is 2. The van der Waals surface area contributed by atoms with E-state index in [0.717, 1.165) is 35.1 Å². The van der Waals surface area contributed by atoms with Crippen molar-refractivity contribution < 1.29 is 0 Å². The molecular formula is C13H16ClN3. The highest BCUT2D eigenvalue weighted by atomic mass is 35.5. The fourth-order valence-electron chi connectivity index (χ4n) is 1.73. The Morgan fingerprint density at radius 1 is 1.41 bits per heavy atom. The van der Waals surface area contributed by atoms with Crippen molar-refractivity contribution in [3.05, 3.63) is 41.2 Å². The van der Waals surface area contributed by atoms with Gasteiger partial charge < -0.3 is 9.88 Å². The average molecular weight is 250 g/mol.